The first-order chi connectivity index (χ1) is 63.0. The SMILES string of the molecule is CCCC1CCC(c2ccc(OCC)c(F)c2F)CC1.CCCCCC1CCC(c2ccc(OCC)c(F)c2F)CC1.CCCCCC1CCC(c2ccc(OCCCC)c(F)c2F)CC1.CCCCCc1ccc(C2CCC(CCC)CC2)c(F)c1F.CCCCOc1ccc(C2CCC(CCC)CC2)c(F)c1F.CCCc1ccc(C2CCC(CCC)CC2)c(F)c1F. The number of hydrogen-bond donors (Lipinski definition) is 0. The van der Waals surface area contributed by atoms with Gasteiger partial charge in [-0.3, -0.25) is 0 Å². The topological polar surface area (TPSA) is 36.9 Å². The van der Waals surface area contributed by atoms with Crippen LogP contribution in [0.3, 0.4) is 0 Å². The van der Waals surface area contributed by atoms with E-state index in [4.69, 9.17) is 18.9 Å². The van der Waals surface area contributed by atoms with Crippen LogP contribution in [0.15, 0.2) is 72.8 Å². The summed E-state index contributed by atoms with van der Waals surface area (Å²) in [5, 5.41) is 0. The van der Waals surface area contributed by atoms with Crippen molar-refractivity contribution in [1.82, 2.24) is 0 Å². The molecule has 732 valence electrons. The maximum atomic E-state index is 14.4. The molecule has 16 heteroatoms. The van der Waals surface area contributed by atoms with Crippen molar-refractivity contribution >= 4 is 0 Å². The van der Waals surface area contributed by atoms with Crippen LogP contribution < -0.4 is 18.9 Å². The molecule has 0 aromatic heterocycles. The second-order valence-corrected chi connectivity index (χ2v) is 38.9. The van der Waals surface area contributed by atoms with Gasteiger partial charge in [-0.1, -0.05) is 253 Å². The predicted molar refractivity (Wildman–Crippen MR) is 515 cm³/mol. The Balaban J connectivity index is 0.000000214. The Morgan fingerprint density at radius 3 is 0.638 bits per heavy atom. The van der Waals surface area contributed by atoms with Crippen molar-refractivity contribution < 1.29 is 71.6 Å². The highest BCUT2D eigenvalue weighted by molar-refractivity contribution is 5.38. The van der Waals surface area contributed by atoms with Crippen molar-refractivity contribution in [2.45, 2.75) is 440 Å². The van der Waals surface area contributed by atoms with E-state index in [9.17, 15) is 52.7 Å². The van der Waals surface area contributed by atoms with Crippen molar-refractivity contribution in [2.24, 2.45) is 35.5 Å². The second kappa shape index (κ2) is 61.6. The van der Waals surface area contributed by atoms with Gasteiger partial charge in [0, 0.05) is 0 Å². The van der Waals surface area contributed by atoms with E-state index in [1.807, 2.05) is 39.0 Å². The van der Waals surface area contributed by atoms with Crippen LogP contribution in [-0.4, -0.2) is 26.4 Å². The van der Waals surface area contributed by atoms with Gasteiger partial charge in [0.25, 0.3) is 0 Å². The summed E-state index contributed by atoms with van der Waals surface area (Å²) in [6, 6.07) is 20.5. The molecule has 6 aromatic rings. The Hall–Kier alpha value is -6.32. The fraction of sp³-hybridized carbons (Fsp3) is 0.684. The minimum Gasteiger partial charge on any atom is -0.491 e. The molecule has 0 atom stereocenters. The summed E-state index contributed by atoms with van der Waals surface area (Å²) < 4.78 is 191. The number of rotatable bonds is 40. The Morgan fingerprint density at radius 1 is 0.192 bits per heavy atom. The lowest BCUT2D eigenvalue weighted by atomic mass is 9.77. The molecule has 0 spiro atoms. The molecule has 0 unspecified atom stereocenters. The lowest BCUT2D eigenvalue weighted by Gasteiger charge is -2.29. The summed E-state index contributed by atoms with van der Waals surface area (Å²) in [4.78, 5) is 0. The van der Waals surface area contributed by atoms with Crippen LogP contribution in [0.5, 0.6) is 23.0 Å². The molecule has 6 aromatic carbocycles. The first kappa shape index (κ1) is 111. The molecule has 0 heterocycles. The highest BCUT2D eigenvalue weighted by Crippen LogP contribution is 2.47. The third-order valence-corrected chi connectivity index (χ3v) is 29.3. The molecule has 0 radical (unpaired) electrons. The monoisotopic (exact) mass is 1830 g/mol. The van der Waals surface area contributed by atoms with Crippen LogP contribution in [0.25, 0.3) is 0 Å². The van der Waals surface area contributed by atoms with Crippen molar-refractivity contribution in [3.8, 4) is 23.0 Å². The summed E-state index contributed by atoms with van der Waals surface area (Å²) in [5.74, 6) is -2.58. The zero-order chi connectivity index (χ0) is 94.3. The summed E-state index contributed by atoms with van der Waals surface area (Å²) in [5.41, 5.74) is 4.44. The van der Waals surface area contributed by atoms with Gasteiger partial charge < -0.3 is 18.9 Å². The molecule has 0 amide bonds. The summed E-state index contributed by atoms with van der Waals surface area (Å²) >= 11 is 0. The zero-order valence-electron chi connectivity index (χ0n) is 82.2. The van der Waals surface area contributed by atoms with Gasteiger partial charge in [0.05, 0.1) is 26.4 Å². The maximum Gasteiger partial charge on any atom is 0.200 e. The highest BCUT2D eigenvalue weighted by Gasteiger charge is 2.34. The number of halogens is 12. The van der Waals surface area contributed by atoms with E-state index in [1.165, 1.54) is 103 Å². The number of hydrogen-bond acceptors (Lipinski definition) is 4. The van der Waals surface area contributed by atoms with Crippen LogP contribution in [0, 0.1) is 105 Å². The molecule has 12 rings (SSSR count). The quantitative estimate of drug-likeness (QED) is 0.0284. The van der Waals surface area contributed by atoms with Crippen LogP contribution in [0.1, 0.15) is 471 Å². The van der Waals surface area contributed by atoms with Gasteiger partial charge in [-0.05, 0) is 340 Å². The maximum absolute atomic E-state index is 14.4. The minimum atomic E-state index is -0.833. The van der Waals surface area contributed by atoms with Gasteiger partial charge in [0.15, 0.2) is 69.5 Å². The smallest absolute Gasteiger partial charge is 0.200 e. The average Bonchev–Trinajstić information content (AvgIpc) is 0.854. The van der Waals surface area contributed by atoms with E-state index < -0.39 is 69.8 Å². The number of unbranched alkanes of at least 4 members (excludes halogenated alkanes) is 8. The van der Waals surface area contributed by atoms with Gasteiger partial charge in [-0.25, -0.2) is 35.1 Å². The van der Waals surface area contributed by atoms with Crippen LogP contribution in [0.2, 0.25) is 0 Å². The average molecular weight is 1830 g/mol. The van der Waals surface area contributed by atoms with Crippen molar-refractivity contribution in [3.63, 3.8) is 0 Å². The van der Waals surface area contributed by atoms with E-state index in [0.29, 0.717) is 83.8 Å². The third-order valence-electron chi connectivity index (χ3n) is 29.3. The van der Waals surface area contributed by atoms with Gasteiger partial charge >= 0.3 is 0 Å². The van der Waals surface area contributed by atoms with Crippen LogP contribution >= 0.6 is 0 Å². The van der Waals surface area contributed by atoms with E-state index in [2.05, 4.69) is 48.5 Å². The number of aryl methyl sites for hydroxylation is 2. The van der Waals surface area contributed by atoms with Crippen molar-refractivity contribution in [3.05, 3.63) is 187 Å². The molecular weight excluding hydrogens is 1660 g/mol. The Labute approximate surface area is 779 Å². The Morgan fingerprint density at radius 2 is 0.408 bits per heavy atom. The van der Waals surface area contributed by atoms with E-state index in [0.717, 1.165) is 241 Å². The first-order valence-electron chi connectivity index (χ1n) is 52.4. The molecular formula is C114H168F12O4. The fourth-order valence-electron chi connectivity index (χ4n) is 21.5. The first-order valence-corrected chi connectivity index (χ1v) is 52.4. The van der Waals surface area contributed by atoms with Gasteiger partial charge in [-0.15, -0.1) is 0 Å². The zero-order valence-corrected chi connectivity index (χ0v) is 82.2. The lowest BCUT2D eigenvalue weighted by Crippen LogP contribution is -2.15. The van der Waals surface area contributed by atoms with Gasteiger partial charge in [0.1, 0.15) is 0 Å². The molecule has 6 aliphatic rings. The standard InChI is InChI=1S/C21H32F2O.C20H30F2.2C19H28F2O.C18H26F2.C17H24F2O/c1-3-5-7-8-16-9-11-17(12-10-16)18-13-14-19(21(23)20(18)22)24-15-6-4-2;1-3-5-6-8-17-13-14-18(20(22)19(17)21)16-11-9-15(7-4-2)10-12-16;1-3-5-6-7-14-8-10-15(11-9-14)16-12-13-17(22-4-2)19(21)18(16)20;1-3-5-13-22-17-12-11-16(18(20)19(17)21)15-9-7-14(6-4-2)8-10-15;1-3-5-13-7-9-14(10-8-13)16-12-11-15(6-4-2)17(19)18(16)20;1-3-5-12-6-8-13(9-7-12)14-10-11-15(20-4-2)17(19)16(14)18/h13-14,16-17H,3-12,15H2,1-2H3;13-16H,3-12H2,1-2H3;12-15H,3-11H2,1-2H3;11-12,14-15H,3-10,13H2,1-2H3;11-14H,3-10H2,1-2H3;10-13H,3-9H2,1-2H3. The van der Waals surface area contributed by atoms with Crippen LogP contribution in [-0.2, 0) is 12.8 Å². The van der Waals surface area contributed by atoms with Crippen molar-refractivity contribution in [1.29, 1.82) is 0 Å². The predicted octanol–water partition coefficient (Wildman–Crippen LogP) is 37.6. The largest absolute Gasteiger partial charge is 0.491 e. The van der Waals surface area contributed by atoms with Crippen molar-refractivity contribution in [2.75, 3.05) is 26.4 Å². The molecule has 6 aliphatic carbocycles. The molecule has 0 N–H and O–H groups in total. The molecule has 6 saturated carbocycles. The molecule has 0 bridgehead atoms. The summed E-state index contributed by atoms with van der Waals surface area (Å²) in [6.45, 7) is 26.6. The number of ether oxygens (including phenoxy) is 4. The van der Waals surface area contributed by atoms with E-state index in [-0.39, 0.29) is 58.5 Å². The van der Waals surface area contributed by atoms with Gasteiger partial charge in [0.2, 0.25) is 23.3 Å². The molecule has 0 saturated heterocycles. The lowest BCUT2D eigenvalue weighted by molar-refractivity contribution is 0.282. The number of benzene rings is 6. The minimum absolute atomic E-state index is 0.0217. The van der Waals surface area contributed by atoms with E-state index in [1.54, 1.807) is 68.4 Å². The summed E-state index contributed by atoms with van der Waals surface area (Å²) in [7, 11) is 0. The second-order valence-electron chi connectivity index (χ2n) is 38.9. The van der Waals surface area contributed by atoms with Gasteiger partial charge in [-0.2, -0.15) is 17.6 Å². The molecule has 130 heavy (non-hydrogen) atoms. The van der Waals surface area contributed by atoms with Crippen LogP contribution in [0.4, 0.5) is 52.7 Å². The third kappa shape index (κ3) is 34.8. The molecule has 0 aliphatic heterocycles. The fourth-order valence-corrected chi connectivity index (χ4v) is 21.5. The highest BCUT2D eigenvalue weighted by atomic mass is 19.2. The summed E-state index contributed by atoms with van der Waals surface area (Å²) in [6.07, 6.45) is 54.7. The molecule has 4 nitrogen and oxygen atoms in total. The van der Waals surface area contributed by atoms with E-state index >= 15 is 0 Å². The molecule has 6 fully saturated rings. The Bertz CT molecular complexity index is 3930. The normalized spacial score (nSPS) is 22.0. The Kier molecular flexibility index (Phi) is 52.5.